The summed E-state index contributed by atoms with van der Waals surface area (Å²) in [6.45, 7) is 4.61. The predicted octanol–water partition coefficient (Wildman–Crippen LogP) is 0.365. The number of anilines is 1. The van der Waals surface area contributed by atoms with Crippen LogP contribution in [0.4, 0.5) is 5.69 Å². The van der Waals surface area contributed by atoms with Gasteiger partial charge >= 0.3 is 0 Å². The zero-order valence-corrected chi connectivity index (χ0v) is 7.46. The van der Waals surface area contributed by atoms with Gasteiger partial charge in [-0.25, -0.2) is 4.57 Å². The molecule has 0 aliphatic carbocycles. The van der Waals surface area contributed by atoms with E-state index >= 15 is 0 Å². The average molecular weight is 166 g/mol. The van der Waals surface area contributed by atoms with Crippen LogP contribution in [0.15, 0.2) is 24.5 Å². The number of rotatable bonds is 4. The minimum atomic E-state index is 0.686. The van der Waals surface area contributed by atoms with Crippen molar-refractivity contribution in [2.45, 2.75) is 13.5 Å². The van der Waals surface area contributed by atoms with Gasteiger partial charge in [-0.05, 0) is 6.92 Å². The van der Waals surface area contributed by atoms with Crippen LogP contribution in [-0.4, -0.2) is 13.1 Å². The molecule has 0 radical (unpaired) electrons. The van der Waals surface area contributed by atoms with Crippen LogP contribution in [0.2, 0.25) is 0 Å². The van der Waals surface area contributed by atoms with Gasteiger partial charge in [0.15, 0.2) is 18.9 Å². The summed E-state index contributed by atoms with van der Waals surface area (Å²) in [5.74, 6) is 0. The van der Waals surface area contributed by atoms with Crippen molar-refractivity contribution < 1.29 is 4.57 Å². The number of aromatic nitrogens is 1. The Morgan fingerprint density at radius 3 is 2.58 bits per heavy atom. The Kier molecular flexibility index (Phi) is 3.54. The maximum Gasteiger partial charge on any atom is 0.170 e. The maximum absolute atomic E-state index is 5.42. The Labute approximate surface area is 73.2 Å². The third-order valence-electron chi connectivity index (χ3n) is 1.66. The second-order valence-corrected chi connectivity index (χ2v) is 2.64. The number of nitrogens with zero attached hydrogens (tertiary/aromatic N) is 1. The quantitative estimate of drug-likeness (QED) is 0.634. The van der Waals surface area contributed by atoms with Gasteiger partial charge in [-0.3, -0.25) is 0 Å². The van der Waals surface area contributed by atoms with Crippen LogP contribution in [0.25, 0.3) is 0 Å². The Morgan fingerprint density at radius 2 is 2.08 bits per heavy atom. The minimum Gasteiger partial charge on any atom is -0.385 e. The van der Waals surface area contributed by atoms with Crippen molar-refractivity contribution in [1.82, 2.24) is 0 Å². The van der Waals surface area contributed by atoms with Gasteiger partial charge in [0.1, 0.15) is 0 Å². The van der Waals surface area contributed by atoms with E-state index in [0.717, 1.165) is 18.8 Å². The summed E-state index contributed by atoms with van der Waals surface area (Å²) in [6, 6.07) is 4.11. The van der Waals surface area contributed by atoms with E-state index in [1.165, 1.54) is 0 Å². The van der Waals surface area contributed by atoms with E-state index in [1.807, 2.05) is 12.4 Å². The molecule has 12 heavy (non-hydrogen) atoms. The van der Waals surface area contributed by atoms with Crippen molar-refractivity contribution in [2.24, 2.45) is 5.73 Å². The van der Waals surface area contributed by atoms with Crippen LogP contribution in [0.1, 0.15) is 6.92 Å². The number of nitrogens with two attached hydrogens (primary N) is 1. The molecular weight excluding hydrogens is 150 g/mol. The number of nitrogens with one attached hydrogen (secondary N) is 1. The summed E-state index contributed by atoms with van der Waals surface area (Å²) in [7, 11) is 0. The Bertz CT molecular complexity index is 193. The van der Waals surface area contributed by atoms with Crippen molar-refractivity contribution in [2.75, 3.05) is 18.4 Å². The molecule has 3 N–H and O–H groups in total. The average Bonchev–Trinajstić information content (AvgIpc) is 2.09. The highest BCUT2D eigenvalue weighted by molar-refractivity contribution is 5.39. The molecule has 1 heterocycles. The van der Waals surface area contributed by atoms with Crippen LogP contribution in [0, 0.1) is 0 Å². The van der Waals surface area contributed by atoms with Gasteiger partial charge < -0.3 is 11.1 Å². The second kappa shape index (κ2) is 4.72. The molecule has 0 aliphatic heterocycles. The molecular formula is C9H16N3+. The van der Waals surface area contributed by atoms with E-state index in [0.29, 0.717) is 6.54 Å². The molecule has 0 aromatic carbocycles. The molecule has 0 atom stereocenters. The molecule has 66 valence electrons. The molecule has 1 rings (SSSR count). The molecule has 0 aliphatic rings. The fraction of sp³-hybridized carbons (Fsp3) is 0.444. The van der Waals surface area contributed by atoms with Crippen LogP contribution in [-0.2, 0) is 6.54 Å². The van der Waals surface area contributed by atoms with E-state index in [2.05, 4.69) is 28.9 Å². The van der Waals surface area contributed by atoms with Crippen LogP contribution in [0.5, 0.6) is 0 Å². The first-order chi connectivity index (χ1) is 5.86. The minimum absolute atomic E-state index is 0.686. The highest BCUT2D eigenvalue weighted by Crippen LogP contribution is 2.00. The summed E-state index contributed by atoms with van der Waals surface area (Å²) in [5, 5.41) is 3.23. The molecule has 3 heteroatoms. The number of pyridine rings is 1. The molecule has 0 saturated carbocycles. The Hall–Kier alpha value is -1.09. The number of hydrogen-bond donors (Lipinski definition) is 2. The highest BCUT2D eigenvalue weighted by atomic mass is 15.0. The van der Waals surface area contributed by atoms with E-state index in [1.54, 1.807) is 0 Å². The van der Waals surface area contributed by atoms with Gasteiger partial charge in [-0.2, -0.15) is 0 Å². The summed E-state index contributed by atoms with van der Waals surface area (Å²) in [5.41, 5.74) is 6.58. The SMILES string of the molecule is CCNc1cc[n+](CCN)cc1. The molecule has 0 amide bonds. The summed E-state index contributed by atoms with van der Waals surface area (Å²) in [6.07, 6.45) is 4.07. The standard InChI is InChI=1S/C9H15N3/c1-2-11-9-3-6-12(7-4-9)8-5-10/h3-4,6-7H,2,5,8,10H2,1H3/p+1. The van der Waals surface area contributed by atoms with E-state index < -0.39 is 0 Å². The lowest BCUT2D eigenvalue weighted by atomic mass is 10.4. The molecule has 0 spiro atoms. The zero-order valence-electron chi connectivity index (χ0n) is 7.46. The monoisotopic (exact) mass is 166 g/mol. The highest BCUT2D eigenvalue weighted by Gasteiger charge is 1.96. The van der Waals surface area contributed by atoms with Gasteiger partial charge in [0.2, 0.25) is 0 Å². The third kappa shape index (κ3) is 2.51. The largest absolute Gasteiger partial charge is 0.385 e. The second-order valence-electron chi connectivity index (χ2n) is 2.64. The topological polar surface area (TPSA) is 41.9 Å². The van der Waals surface area contributed by atoms with Crippen molar-refractivity contribution in [1.29, 1.82) is 0 Å². The van der Waals surface area contributed by atoms with Gasteiger partial charge in [-0.15, -0.1) is 0 Å². The molecule has 0 fully saturated rings. The number of hydrogen-bond acceptors (Lipinski definition) is 2. The first-order valence-corrected chi connectivity index (χ1v) is 4.30. The molecule has 1 aromatic rings. The molecule has 0 bridgehead atoms. The van der Waals surface area contributed by atoms with Crippen LogP contribution in [0.3, 0.4) is 0 Å². The van der Waals surface area contributed by atoms with Crippen LogP contribution >= 0.6 is 0 Å². The fourth-order valence-corrected chi connectivity index (χ4v) is 1.08. The van der Waals surface area contributed by atoms with Crippen molar-refractivity contribution in [3.05, 3.63) is 24.5 Å². The summed E-state index contributed by atoms with van der Waals surface area (Å²) in [4.78, 5) is 0. The predicted molar refractivity (Wildman–Crippen MR) is 49.9 cm³/mol. The fourth-order valence-electron chi connectivity index (χ4n) is 1.08. The lowest BCUT2D eigenvalue weighted by Crippen LogP contribution is -2.36. The van der Waals surface area contributed by atoms with Gasteiger partial charge in [0.05, 0.1) is 6.54 Å². The Balaban J connectivity index is 2.58. The van der Waals surface area contributed by atoms with Crippen molar-refractivity contribution in [3.8, 4) is 0 Å². The lowest BCUT2D eigenvalue weighted by molar-refractivity contribution is -0.694. The van der Waals surface area contributed by atoms with Gasteiger partial charge in [0, 0.05) is 24.4 Å². The van der Waals surface area contributed by atoms with Crippen molar-refractivity contribution >= 4 is 5.69 Å². The maximum atomic E-state index is 5.42. The molecule has 0 saturated heterocycles. The summed E-state index contributed by atoms with van der Waals surface area (Å²) >= 11 is 0. The molecule has 3 nitrogen and oxygen atoms in total. The lowest BCUT2D eigenvalue weighted by Gasteiger charge is -2.00. The first-order valence-electron chi connectivity index (χ1n) is 4.30. The molecule has 1 aromatic heterocycles. The van der Waals surface area contributed by atoms with E-state index in [9.17, 15) is 0 Å². The van der Waals surface area contributed by atoms with Gasteiger partial charge in [0.25, 0.3) is 0 Å². The normalized spacial score (nSPS) is 9.83. The summed E-state index contributed by atoms with van der Waals surface area (Å²) < 4.78 is 2.07. The van der Waals surface area contributed by atoms with Crippen LogP contribution < -0.4 is 15.6 Å². The molecule has 0 unspecified atom stereocenters. The zero-order chi connectivity index (χ0) is 8.81. The van der Waals surface area contributed by atoms with E-state index in [4.69, 9.17) is 5.73 Å². The van der Waals surface area contributed by atoms with Crippen molar-refractivity contribution in [3.63, 3.8) is 0 Å². The first kappa shape index (κ1) is 9.00. The smallest absolute Gasteiger partial charge is 0.170 e. The third-order valence-corrected chi connectivity index (χ3v) is 1.66. The van der Waals surface area contributed by atoms with Gasteiger partial charge in [-0.1, -0.05) is 0 Å². The van der Waals surface area contributed by atoms with E-state index in [-0.39, 0.29) is 0 Å². The Morgan fingerprint density at radius 1 is 1.42 bits per heavy atom.